The van der Waals surface area contributed by atoms with E-state index in [1.54, 1.807) is 42.5 Å². The summed E-state index contributed by atoms with van der Waals surface area (Å²) in [5.41, 5.74) is 3.06. The van der Waals surface area contributed by atoms with Crippen molar-refractivity contribution in [1.82, 2.24) is 5.43 Å². The number of nitrogens with zero attached hydrogens (tertiary/aromatic N) is 1. The Morgan fingerprint density at radius 2 is 1.87 bits per heavy atom. The lowest BCUT2D eigenvalue weighted by Crippen LogP contribution is -2.17. The highest BCUT2D eigenvalue weighted by Crippen LogP contribution is 2.23. The number of hydrogen-bond acceptors (Lipinski definition) is 6. The maximum atomic E-state index is 12.5. The molecule has 30 heavy (non-hydrogen) atoms. The summed E-state index contributed by atoms with van der Waals surface area (Å²) in [5.74, 6) is -0.631. The van der Waals surface area contributed by atoms with E-state index in [-0.39, 0.29) is 17.1 Å². The molecule has 0 aliphatic rings. The second kappa shape index (κ2) is 9.58. The lowest BCUT2D eigenvalue weighted by atomic mass is 10.2. The molecule has 2 N–H and O–H groups in total. The lowest BCUT2D eigenvalue weighted by Gasteiger charge is -2.09. The molecule has 0 atom stereocenters. The predicted octanol–water partition coefficient (Wildman–Crippen LogP) is 4.04. The summed E-state index contributed by atoms with van der Waals surface area (Å²) < 4.78 is 10.6. The van der Waals surface area contributed by atoms with Gasteiger partial charge in [0.1, 0.15) is 17.2 Å². The van der Waals surface area contributed by atoms with Gasteiger partial charge in [-0.2, -0.15) is 5.10 Å². The molecule has 1 amide bonds. The van der Waals surface area contributed by atoms with Gasteiger partial charge in [-0.3, -0.25) is 4.79 Å². The first kappa shape index (κ1) is 20.9. The Balaban J connectivity index is 1.76. The molecule has 152 valence electrons. The Morgan fingerprint density at radius 1 is 1.07 bits per heavy atom. The standard InChI is InChI=1S/C22H17ClN2O5/c1-29-17-6-4-5-14(12-17)22(28)30-20-10-9-16(23)11-15(20)13-24-25-21(27)18-7-2-3-8-19(18)26/h2-13,26H,1H3,(H,25,27)/b24-13+. The summed E-state index contributed by atoms with van der Waals surface area (Å²) in [4.78, 5) is 24.6. The molecule has 0 aliphatic carbocycles. The number of methoxy groups -OCH3 is 1. The fraction of sp³-hybridized carbons (Fsp3) is 0.0455. The summed E-state index contributed by atoms with van der Waals surface area (Å²) in [5, 5.41) is 14.0. The smallest absolute Gasteiger partial charge is 0.343 e. The van der Waals surface area contributed by atoms with Crippen LogP contribution in [0, 0.1) is 0 Å². The number of nitrogens with one attached hydrogen (secondary N) is 1. The van der Waals surface area contributed by atoms with Crippen LogP contribution in [0.1, 0.15) is 26.3 Å². The van der Waals surface area contributed by atoms with Gasteiger partial charge in [-0.05, 0) is 48.5 Å². The van der Waals surface area contributed by atoms with Crippen molar-refractivity contribution in [1.29, 1.82) is 0 Å². The van der Waals surface area contributed by atoms with Crippen molar-refractivity contribution in [2.75, 3.05) is 7.11 Å². The fourth-order valence-corrected chi connectivity index (χ4v) is 2.69. The Labute approximate surface area is 177 Å². The maximum absolute atomic E-state index is 12.5. The van der Waals surface area contributed by atoms with E-state index in [0.717, 1.165) is 0 Å². The number of ether oxygens (including phenoxy) is 2. The van der Waals surface area contributed by atoms with Gasteiger partial charge in [-0.25, -0.2) is 10.2 Å². The Morgan fingerprint density at radius 3 is 2.63 bits per heavy atom. The third-order valence-electron chi connectivity index (χ3n) is 4.00. The molecule has 0 saturated heterocycles. The number of hydrazone groups is 1. The monoisotopic (exact) mass is 424 g/mol. The quantitative estimate of drug-likeness (QED) is 0.269. The van der Waals surface area contributed by atoms with Gasteiger partial charge in [0, 0.05) is 10.6 Å². The normalized spacial score (nSPS) is 10.6. The van der Waals surface area contributed by atoms with Gasteiger partial charge in [0.25, 0.3) is 5.91 Å². The average Bonchev–Trinajstić information content (AvgIpc) is 2.75. The summed E-state index contributed by atoms with van der Waals surface area (Å²) in [6, 6.07) is 17.2. The molecule has 0 aromatic heterocycles. The maximum Gasteiger partial charge on any atom is 0.343 e. The number of benzene rings is 3. The highest BCUT2D eigenvalue weighted by molar-refractivity contribution is 6.31. The molecule has 0 aliphatic heterocycles. The summed E-state index contributed by atoms with van der Waals surface area (Å²) in [6.45, 7) is 0. The number of esters is 1. The molecule has 0 heterocycles. The largest absolute Gasteiger partial charge is 0.507 e. The van der Waals surface area contributed by atoms with E-state index in [2.05, 4.69) is 10.5 Å². The van der Waals surface area contributed by atoms with Crippen LogP contribution in [0.5, 0.6) is 17.2 Å². The second-order valence-corrected chi connectivity index (χ2v) is 6.46. The zero-order valence-electron chi connectivity index (χ0n) is 15.8. The first-order valence-corrected chi connectivity index (χ1v) is 9.13. The Kier molecular flexibility index (Phi) is 6.67. The molecule has 0 bridgehead atoms. The van der Waals surface area contributed by atoms with Gasteiger partial charge in [-0.15, -0.1) is 0 Å². The molecule has 0 unspecified atom stereocenters. The van der Waals surface area contributed by atoms with Crippen molar-refractivity contribution in [3.05, 3.63) is 88.4 Å². The van der Waals surface area contributed by atoms with Crippen LogP contribution in [0.4, 0.5) is 0 Å². The zero-order chi connectivity index (χ0) is 21.5. The Hall–Kier alpha value is -3.84. The van der Waals surface area contributed by atoms with Crippen molar-refractivity contribution in [2.45, 2.75) is 0 Å². The molecule has 0 fully saturated rings. The molecule has 0 spiro atoms. The number of carbonyl (C=O) groups is 2. The predicted molar refractivity (Wildman–Crippen MR) is 113 cm³/mol. The van der Waals surface area contributed by atoms with Gasteiger partial charge in [-0.1, -0.05) is 29.8 Å². The number of phenols is 1. The molecule has 8 heteroatoms. The van der Waals surface area contributed by atoms with Crippen molar-refractivity contribution < 1.29 is 24.2 Å². The Bertz CT molecular complexity index is 1110. The van der Waals surface area contributed by atoms with E-state index in [1.807, 2.05) is 0 Å². The number of amides is 1. The van der Waals surface area contributed by atoms with E-state index in [1.165, 1.54) is 37.6 Å². The highest BCUT2D eigenvalue weighted by Gasteiger charge is 2.13. The van der Waals surface area contributed by atoms with Crippen LogP contribution in [-0.4, -0.2) is 30.3 Å². The van der Waals surface area contributed by atoms with E-state index < -0.39 is 11.9 Å². The van der Waals surface area contributed by atoms with Crippen LogP contribution in [0.2, 0.25) is 5.02 Å². The minimum absolute atomic E-state index is 0.0745. The summed E-state index contributed by atoms with van der Waals surface area (Å²) in [6.07, 6.45) is 1.29. The van der Waals surface area contributed by atoms with Crippen LogP contribution >= 0.6 is 11.6 Å². The molecule has 0 saturated carbocycles. The minimum Gasteiger partial charge on any atom is -0.507 e. The van der Waals surface area contributed by atoms with Crippen molar-refractivity contribution in [2.24, 2.45) is 5.10 Å². The molecule has 3 rings (SSSR count). The number of halogens is 1. The van der Waals surface area contributed by atoms with Gasteiger partial charge >= 0.3 is 5.97 Å². The van der Waals surface area contributed by atoms with E-state index >= 15 is 0 Å². The van der Waals surface area contributed by atoms with Crippen LogP contribution < -0.4 is 14.9 Å². The van der Waals surface area contributed by atoms with Crippen molar-refractivity contribution >= 4 is 29.7 Å². The molecule has 3 aromatic carbocycles. The SMILES string of the molecule is COc1cccc(C(=O)Oc2ccc(Cl)cc2/C=N/NC(=O)c2ccccc2O)c1. The molecule has 3 aromatic rings. The van der Waals surface area contributed by atoms with Crippen LogP contribution in [0.15, 0.2) is 71.8 Å². The van der Waals surface area contributed by atoms with Crippen LogP contribution in [0.3, 0.4) is 0 Å². The third kappa shape index (κ3) is 5.15. The number of hydrogen-bond donors (Lipinski definition) is 2. The van der Waals surface area contributed by atoms with E-state index in [4.69, 9.17) is 21.1 Å². The molecular weight excluding hydrogens is 408 g/mol. The summed E-state index contributed by atoms with van der Waals surface area (Å²) >= 11 is 6.03. The molecule has 0 radical (unpaired) electrons. The van der Waals surface area contributed by atoms with Gasteiger partial charge in [0.2, 0.25) is 0 Å². The third-order valence-corrected chi connectivity index (χ3v) is 4.23. The highest BCUT2D eigenvalue weighted by atomic mass is 35.5. The number of rotatable bonds is 6. The van der Waals surface area contributed by atoms with Gasteiger partial charge in [0.05, 0.1) is 24.5 Å². The topological polar surface area (TPSA) is 97.2 Å². The van der Waals surface area contributed by atoms with Crippen LogP contribution in [0.25, 0.3) is 0 Å². The molecule has 7 nitrogen and oxygen atoms in total. The van der Waals surface area contributed by atoms with E-state index in [9.17, 15) is 14.7 Å². The average molecular weight is 425 g/mol. The number of phenolic OH excluding ortho intramolecular Hbond substituents is 1. The minimum atomic E-state index is -0.596. The fourth-order valence-electron chi connectivity index (χ4n) is 2.51. The number of aromatic hydroxyl groups is 1. The first-order valence-electron chi connectivity index (χ1n) is 8.75. The van der Waals surface area contributed by atoms with Crippen LogP contribution in [-0.2, 0) is 0 Å². The van der Waals surface area contributed by atoms with Gasteiger partial charge < -0.3 is 14.6 Å². The number of para-hydroxylation sites is 1. The van der Waals surface area contributed by atoms with Crippen molar-refractivity contribution in [3.8, 4) is 17.2 Å². The van der Waals surface area contributed by atoms with Crippen molar-refractivity contribution in [3.63, 3.8) is 0 Å². The lowest BCUT2D eigenvalue weighted by molar-refractivity contribution is 0.0733. The van der Waals surface area contributed by atoms with Gasteiger partial charge in [0.15, 0.2) is 0 Å². The molecular formula is C22H17ClN2O5. The van der Waals surface area contributed by atoms with E-state index in [0.29, 0.717) is 21.9 Å². The summed E-state index contributed by atoms with van der Waals surface area (Å²) in [7, 11) is 1.50. The zero-order valence-corrected chi connectivity index (χ0v) is 16.6. The number of carbonyl (C=O) groups excluding carboxylic acids is 2. The first-order chi connectivity index (χ1) is 14.5. The second-order valence-electron chi connectivity index (χ2n) is 6.02.